The van der Waals surface area contributed by atoms with Crippen molar-refractivity contribution in [3.63, 3.8) is 0 Å². The minimum absolute atomic E-state index is 0.128. The maximum absolute atomic E-state index is 13.0. The van der Waals surface area contributed by atoms with Crippen LogP contribution in [0.3, 0.4) is 0 Å². The molecule has 0 bridgehead atoms. The number of likely N-dealkylation sites (N-methyl/N-ethyl adjacent to an activating group) is 1. The molecule has 0 saturated heterocycles. The van der Waals surface area contributed by atoms with Gasteiger partial charge < -0.3 is 19.7 Å². The molecule has 0 radical (unpaired) electrons. The molecule has 4 rings (SSSR count). The fourth-order valence-corrected chi connectivity index (χ4v) is 3.26. The van der Waals surface area contributed by atoms with E-state index in [1.165, 1.54) is 4.90 Å². The third-order valence-corrected chi connectivity index (χ3v) is 4.59. The van der Waals surface area contributed by atoms with E-state index < -0.39 is 6.04 Å². The van der Waals surface area contributed by atoms with Gasteiger partial charge in [0.2, 0.25) is 0 Å². The number of rotatable bonds is 3. The van der Waals surface area contributed by atoms with E-state index in [1.807, 2.05) is 6.07 Å². The topological polar surface area (TPSA) is 86.0 Å². The van der Waals surface area contributed by atoms with Gasteiger partial charge in [0.05, 0.1) is 36.7 Å². The summed E-state index contributed by atoms with van der Waals surface area (Å²) >= 11 is 0. The molecule has 1 unspecified atom stereocenters. The molecular weight excluding hydrogens is 322 g/mol. The van der Waals surface area contributed by atoms with Crippen LogP contribution in [0.5, 0.6) is 5.75 Å². The molecule has 7 heteroatoms. The van der Waals surface area contributed by atoms with Gasteiger partial charge >= 0.3 is 6.03 Å². The van der Waals surface area contributed by atoms with Crippen molar-refractivity contribution in [1.82, 2.24) is 15.1 Å². The molecule has 3 heterocycles. The number of furan rings is 1. The molecule has 0 fully saturated rings. The Morgan fingerprint density at radius 1 is 1.24 bits per heavy atom. The molecule has 2 aliphatic heterocycles. The molecule has 2 aliphatic rings. The van der Waals surface area contributed by atoms with Crippen molar-refractivity contribution >= 4 is 11.9 Å². The van der Waals surface area contributed by atoms with Crippen molar-refractivity contribution in [3.05, 3.63) is 65.3 Å². The Balaban J connectivity index is 1.69. The number of urea groups is 1. The molecule has 1 aromatic heterocycles. The van der Waals surface area contributed by atoms with Gasteiger partial charge in [0.1, 0.15) is 11.5 Å². The lowest BCUT2D eigenvalue weighted by Crippen LogP contribution is -2.45. The number of carbonyl (C=O) groups is 2. The summed E-state index contributed by atoms with van der Waals surface area (Å²) in [6.45, 7) is 0.705. The van der Waals surface area contributed by atoms with E-state index in [1.54, 1.807) is 48.5 Å². The highest BCUT2D eigenvalue weighted by Gasteiger charge is 2.42. The second-order valence-corrected chi connectivity index (χ2v) is 6.13. The zero-order valence-corrected chi connectivity index (χ0v) is 13.6. The molecule has 1 atom stereocenters. The van der Waals surface area contributed by atoms with Crippen LogP contribution < -0.4 is 5.32 Å². The summed E-state index contributed by atoms with van der Waals surface area (Å²) in [4.78, 5) is 28.4. The van der Waals surface area contributed by atoms with Crippen LogP contribution in [0.25, 0.3) is 0 Å². The maximum Gasteiger partial charge on any atom is 0.322 e. The minimum atomic E-state index is -0.534. The molecule has 2 N–H and O–H groups in total. The average Bonchev–Trinajstić information content (AvgIpc) is 3.22. The highest BCUT2D eigenvalue weighted by Crippen LogP contribution is 2.36. The number of phenols is 1. The van der Waals surface area contributed by atoms with E-state index in [0.29, 0.717) is 30.1 Å². The Bertz CT molecular complexity index is 855. The maximum atomic E-state index is 13.0. The zero-order valence-electron chi connectivity index (χ0n) is 13.6. The van der Waals surface area contributed by atoms with Gasteiger partial charge in [0.15, 0.2) is 0 Å². The van der Waals surface area contributed by atoms with Gasteiger partial charge in [0, 0.05) is 7.05 Å². The summed E-state index contributed by atoms with van der Waals surface area (Å²) in [6, 6.07) is 9.30. The molecule has 0 aliphatic carbocycles. The van der Waals surface area contributed by atoms with Gasteiger partial charge in [-0.2, -0.15) is 0 Å². The first-order valence-corrected chi connectivity index (χ1v) is 7.92. The number of phenolic OH excluding ortho intramolecular Hbond substituents is 1. The van der Waals surface area contributed by atoms with E-state index >= 15 is 0 Å². The Labute approximate surface area is 144 Å². The summed E-state index contributed by atoms with van der Waals surface area (Å²) in [7, 11) is 1.65. The van der Waals surface area contributed by atoms with Crippen LogP contribution in [-0.4, -0.2) is 40.4 Å². The number of carbonyl (C=O) groups excluding carboxylic acids is 2. The standard InChI is InChI=1S/C18H17N3O4/c1-20-14-10-21(9-13-3-2-8-25-13)17(23)15(14)16(19-18(20)24)11-4-6-12(22)7-5-11/h2-8,16,22H,9-10H2,1H3,(H,19,24). The summed E-state index contributed by atoms with van der Waals surface area (Å²) in [5.74, 6) is 0.696. The van der Waals surface area contributed by atoms with Gasteiger partial charge in [0.25, 0.3) is 5.91 Å². The lowest BCUT2D eigenvalue weighted by Gasteiger charge is -2.31. The van der Waals surface area contributed by atoms with Gasteiger partial charge in [-0.25, -0.2) is 4.79 Å². The van der Waals surface area contributed by atoms with Crippen LogP contribution in [-0.2, 0) is 11.3 Å². The normalized spacial score (nSPS) is 20.1. The highest BCUT2D eigenvalue weighted by atomic mass is 16.3. The SMILES string of the molecule is CN1C(=O)NC(c2ccc(O)cc2)C2=C1CN(Cc1ccco1)C2=O. The molecule has 3 amide bonds. The predicted molar refractivity (Wildman–Crippen MR) is 88.3 cm³/mol. The molecule has 1 aromatic carbocycles. The quantitative estimate of drug-likeness (QED) is 0.895. The molecule has 25 heavy (non-hydrogen) atoms. The summed E-state index contributed by atoms with van der Waals surface area (Å²) in [6.07, 6.45) is 1.57. The minimum Gasteiger partial charge on any atom is -0.508 e. The second kappa shape index (κ2) is 5.70. The summed E-state index contributed by atoms with van der Waals surface area (Å²) in [5.41, 5.74) is 2.00. The Kier molecular flexibility index (Phi) is 3.49. The van der Waals surface area contributed by atoms with E-state index in [0.717, 1.165) is 5.56 Å². The Morgan fingerprint density at radius 3 is 2.68 bits per heavy atom. The van der Waals surface area contributed by atoms with Gasteiger partial charge in [-0.3, -0.25) is 9.69 Å². The summed E-state index contributed by atoms with van der Waals surface area (Å²) < 4.78 is 5.33. The van der Waals surface area contributed by atoms with Crippen molar-refractivity contribution in [2.24, 2.45) is 0 Å². The third kappa shape index (κ3) is 2.53. The van der Waals surface area contributed by atoms with Crippen LogP contribution in [0.4, 0.5) is 4.79 Å². The van der Waals surface area contributed by atoms with Crippen LogP contribution in [0.15, 0.2) is 58.3 Å². The Hall–Kier alpha value is -3.22. The van der Waals surface area contributed by atoms with Gasteiger partial charge in [-0.1, -0.05) is 12.1 Å². The van der Waals surface area contributed by atoms with Crippen LogP contribution in [0, 0.1) is 0 Å². The zero-order chi connectivity index (χ0) is 17.6. The fourth-order valence-electron chi connectivity index (χ4n) is 3.26. The van der Waals surface area contributed by atoms with Crippen molar-refractivity contribution in [2.45, 2.75) is 12.6 Å². The van der Waals surface area contributed by atoms with Crippen molar-refractivity contribution in [2.75, 3.05) is 13.6 Å². The van der Waals surface area contributed by atoms with Crippen molar-refractivity contribution in [3.8, 4) is 5.75 Å². The summed E-state index contributed by atoms with van der Waals surface area (Å²) in [5, 5.41) is 12.3. The largest absolute Gasteiger partial charge is 0.508 e. The number of hydrogen-bond acceptors (Lipinski definition) is 4. The van der Waals surface area contributed by atoms with E-state index in [4.69, 9.17) is 4.42 Å². The molecule has 2 aromatic rings. The van der Waals surface area contributed by atoms with Crippen molar-refractivity contribution in [1.29, 1.82) is 0 Å². The molecular formula is C18H17N3O4. The third-order valence-electron chi connectivity index (χ3n) is 4.59. The second-order valence-electron chi connectivity index (χ2n) is 6.13. The Morgan fingerprint density at radius 2 is 2.00 bits per heavy atom. The van der Waals surface area contributed by atoms with Crippen LogP contribution in [0.2, 0.25) is 0 Å². The lowest BCUT2D eigenvalue weighted by molar-refractivity contribution is -0.126. The number of benzene rings is 1. The first kappa shape index (κ1) is 15.3. The van der Waals surface area contributed by atoms with Crippen molar-refractivity contribution < 1.29 is 19.1 Å². The number of nitrogens with one attached hydrogen (secondary N) is 1. The average molecular weight is 339 g/mol. The molecule has 0 saturated carbocycles. The lowest BCUT2D eigenvalue weighted by atomic mass is 9.96. The van der Waals surface area contributed by atoms with E-state index in [9.17, 15) is 14.7 Å². The monoisotopic (exact) mass is 339 g/mol. The smallest absolute Gasteiger partial charge is 0.322 e. The fraction of sp³-hybridized carbons (Fsp3) is 0.222. The number of amides is 3. The molecule has 0 spiro atoms. The van der Waals surface area contributed by atoms with Gasteiger partial charge in [-0.15, -0.1) is 0 Å². The number of hydrogen-bond donors (Lipinski definition) is 2. The van der Waals surface area contributed by atoms with Crippen LogP contribution >= 0.6 is 0 Å². The number of aromatic hydroxyl groups is 1. The first-order chi connectivity index (χ1) is 12.0. The van der Waals surface area contributed by atoms with E-state index in [2.05, 4.69) is 5.32 Å². The highest BCUT2D eigenvalue weighted by molar-refractivity contribution is 6.01. The molecule has 128 valence electrons. The molecule has 7 nitrogen and oxygen atoms in total. The van der Waals surface area contributed by atoms with Crippen LogP contribution in [0.1, 0.15) is 17.4 Å². The predicted octanol–water partition coefficient (Wildman–Crippen LogP) is 1.98. The van der Waals surface area contributed by atoms with E-state index in [-0.39, 0.29) is 17.7 Å². The van der Waals surface area contributed by atoms with Gasteiger partial charge in [-0.05, 0) is 29.8 Å². The first-order valence-electron chi connectivity index (χ1n) is 7.92. The number of nitrogens with zero attached hydrogens (tertiary/aromatic N) is 2.